The van der Waals surface area contributed by atoms with Crippen LogP contribution in [0.2, 0.25) is 0 Å². The maximum atomic E-state index is 14.3. The molecule has 2 unspecified atom stereocenters. The van der Waals surface area contributed by atoms with E-state index in [1.165, 1.54) is 6.07 Å². The number of fused-ring (bicyclic) bond motifs is 1. The fraction of sp³-hybridized carbons (Fsp3) is 0.533. The van der Waals surface area contributed by atoms with Crippen molar-refractivity contribution in [3.05, 3.63) is 29.6 Å². The van der Waals surface area contributed by atoms with Gasteiger partial charge in [0.15, 0.2) is 11.6 Å². The third-order valence-corrected chi connectivity index (χ3v) is 3.67. The van der Waals surface area contributed by atoms with Crippen LogP contribution in [0.15, 0.2) is 12.1 Å². The van der Waals surface area contributed by atoms with Crippen LogP contribution >= 0.6 is 11.6 Å². The van der Waals surface area contributed by atoms with E-state index >= 15 is 0 Å². The number of aromatic nitrogens is 2. The first-order chi connectivity index (χ1) is 10.0. The summed E-state index contributed by atoms with van der Waals surface area (Å²) in [5.74, 6) is -1.24. The summed E-state index contributed by atoms with van der Waals surface area (Å²) in [5.41, 5.74) is 0.571. The van der Waals surface area contributed by atoms with Crippen molar-refractivity contribution < 1.29 is 13.5 Å². The van der Waals surface area contributed by atoms with Crippen LogP contribution in [-0.2, 0) is 4.74 Å². The van der Waals surface area contributed by atoms with E-state index in [9.17, 15) is 8.78 Å². The molecule has 0 radical (unpaired) electrons. The van der Waals surface area contributed by atoms with E-state index in [0.717, 1.165) is 18.9 Å². The standard InChI is InChI=1S/C15H19ClF2N2O/c1-4-5-10(8-21-3)20-14-12(19-15(20)9(2)16)7-6-11(17)13(14)18/h6-7,9-10H,4-5,8H2,1-3H3. The predicted octanol–water partition coefficient (Wildman–Crippen LogP) is 4.60. The van der Waals surface area contributed by atoms with Crippen LogP contribution in [0.3, 0.4) is 0 Å². The number of alkyl halides is 1. The average molecular weight is 317 g/mol. The second-order valence-electron chi connectivity index (χ2n) is 5.08. The summed E-state index contributed by atoms with van der Waals surface area (Å²) in [6.45, 7) is 4.19. The first-order valence-electron chi connectivity index (χ1n) is 7.00. The molecular formula is C15H19ClF2N2O. The molecule has 116 valence electrons. The lowest BCUT2D eigenvalue weighted by atomic mass is 10.1. The number of benzene rings is 1. The van der Waals surface area contributed by atoms with Gasteiger partial charge in [-0.25, -0.2) is 13.8 Å². The molecule has 0 aliphatic heterocycles. The van der Waals surface area contributed by atoms with Crippen LogP contribution in [-0.4, -0.2) is 23.3 Å². The second kappa shape index (κ2) is 6.71. The molecule has 21 heavy (non-hydrogen) atoms. The van der Waals surface area contributed by atoms with E-state index < -0.39 is 17.0 Å². The van der Waals surface area contributed by atoms with Gasteiger partial charge in [-0.05, 0) is 25.5 Å². The molecule has 0 N–H and O–H groups in total. The minimum Gasteiger partial charge on any atom is -0.383 e. The Morgan fingerprint density at radius 3 is 2.67 bits per heavy atom. The van der Waals surface area contributed by atoms with Gasteiger partial charge in [-0.1, -0.05) is 13.3 Å². The number of hydrogen-bond donors (Lipinski definition) is 0. The minimum atomic E-state index is -0.888. The number of ether oxygens (including phenoxy) is 1. The normalized spacial score (nSPS) is 14.6. The molecule has 0 spiro atoms. The van der Waals surface area contributed by atoms with E-state index in [1.807, 2.05) is 6.92 Å². The highest BCUT2D eigenvalue weighted by atomic mass is 35.5. The summed E-state index contributed by atoms with van der Waals surface area (Å²) < 4.78 is 34.8. The Morgan fingerprint density at radius 2 is 2.10 bits per heavy atom. The maximum Gasteiger partial charge on any atom is 0.184 e. The summed E-state index contributed by atoms with van der Waals surface area (Å²) in [6.07, 6.45) is 1.66. The predicted molar refractivity (Wildman–Crippen MR) is 79.7 cm³/mol. The number of halogens is 3. The molecule has 3 nitrogen and oxygen atoms in total. The highest BCUT2D eigenvalue weighted by molar-refractivity contribution is 6.20. The average Bonchev–Trinajstić information content (AvgIpc) is 2.83. The molecule has 2 atom stereocenters. The van der Waals surface area contributed by atoms with E-state index in [0.29, 0.717) is 17.9 Å². The molecule has 1 aromatic carbocycles. The maximum absolute atomic E-state index is 14.3. The van der Waals surface area contributed by atoms with Crippen molar-refractivity contribution in [2.24, 2.45) is 0 Å². The zero-order chi connectivity index (χ0) is 15.6. The Morgan fingerprint density at radius 1 is 1.38 bits per heavy atom. The third-order valence-electron chi connectivity index (χ3n) is 3.47. The van der Waals surface area contributed by atoms with Crippen molar-refractivity contribution in [3.63, 3.8) is 0 Å². The quantitative estimate of drug-likeness (QED) is 0.728. The highest BCUT2D eigenvalue weighted by Gasteiger charge is 2.24. The van der Waals surface area contributed by atoms with Crippen LogP contribution in [0, 0.1) is 11.6 Å². The second-order valence-corrected chi connectivity index (χ2v) is 5.74. The van der Waals surface area contributed by atoms with Gasteiger partial charge >= 0.3 is 0 Å². The Hall–Kier alpha value is -1.20. The van der Waals surface area contributed by atoms with Gasteiger partial charge in [0.1, 0.15) is 11.3 Å². The van der Waals surface area contributed by atoms with Crippen LogP contribution in [0.1, 0.15) is 43.9 Å². The van der Waals surface area contributed by atoms with Crippen molar-refractivity contribution in [3.8, 4) is 0 Å². The molecule has 0 fully saturated rings. The fourth-order valence-electron chi connectivity index (χ4n) is 2.60. The number of methoxy groups -OCH3 is 1. The number of nitrogens with zero attached hydrogens (tertiary/aromatic N) is 2. The first kappa shape index (κ1) is 16.2. The van der Waals surface area contributed by atoms with Gasteiger partial charge in [-0.3, -0.25) is 0 Å². The largest absolute Gasteiger partial charge is 0.383 e. The minimum absolute atomic E-state index is 0.127. The number of hydrogen-bond acceptors (Lipinski definition) is 2. The van der Waals surface area contributed by atoms with Crippen molar-refractivity contribution in [2.45, 2.75) is 38.1 Å². The van der Waals surface area contributed by atoms with E-state index in [1.54, 1.807) is 18.6 Å². The molecule has 0 saturated heterocycles. The monoisotopic (exact) mass is 316 g/mol. The molecule has 0 saturated carbocycles. The Labute approximate surface area is 127 Å². The fourth-order valence-corrected chi connectivity index (χ4v) is 2.76. The van der Waals surface area contributed by atoms with Crippen LogP contribution in [0.25, 0.3) is 11.0 Å². The summed E-state index contributed by atoms with van der Waals surface area (Å²) in [4.78, 5) is 4.37. The van der Waals surface area contributed by atoms with Gasteiger partial charge in [0, 0.05) is 7.11 Å². The smallest absolute Gasteiger partial charge is 0.184 e. The van der Waals surface area contributed by atoms with Gasteiger partial charge in [-0.2, -0.15) is 0 Å². The van der Waals surface area contributed by atoms with Crippen molar-refractivity contribution in [2.75, 3.05) is 13.7 Å². The Balaban J connectivity index is 2.72. The van der Waals surface area contributed by atoms with Crippen LogP contribution in [0.5, 0.6) is 0 Å². The lowest BCUT2D eigenvalue weighted by Crippen LogP contribution is -2.18. The lowest BCUT2D eigenvalue weighted by molar-refractivity contribution is 0.150. The Kier molecular flexibility index (Phi) is 5.17. The summed E-state index contributed by atoms with van der Waals surface area (Å²) in [7, 11) is 1.59. The van der Waals surface area contributed by atoms with Gasteiger partial charge in [0.2, 0.25) is 0 Å². The zero-order valence-corrected chi connectivity index (χ0v) is 13.1. The lowest BCUT2D eigenvalue weighted by Gasteiger charge is -2.21. The number of rotatable bonds is 6. The van der Waals surface area contributed by atoms with Gasteiger partial charge in [0.25, 0.3) is 0 Å². The Bertz CT molecular complexity index is 622. The molecule has 0 amide bonds. The molecule has 1 heterocycles. The van der Waals surface area contributed by atoms with Crippen molar-refractivity contribution in [1.29, 1.82) is 0 Å². The SMILES string of the molecule is CCCC(COC)n1c(C(C)Cl)nc2ccc(F)c(F)c21. The molecule has 0 aliphatic rings. The zero-order valence-electron chi connectivity index (χ0n) is 12.4. The van der Waals surface area contributed by atoms with Crippen LogP contribution < -0.4 is 0 Å². The van der Waals surface area contributed by atoms with Crippen molar-refractivity contribution in [1.82, 2.24) is 9.55 Å². The van der Waals surface area contributed by atoms with Gasteiger partial charge < -0.3 is 9.30 Å². The molecule has 2 rings (SSSR count). The first-order valence-corrected chi connectivity index (χ1v) is 7.43. The molecule has 1 aromatic heterocycles. The third kappa shape index (κ3) is 3.04. The van der Waals surface area contributed by atoms with Crippen molar-refractivity contribution >= 4 is 22.6 Å². The summed E-state index contributed by atoms with van der Waals surface area (Å²) in [5, 5.41) is -0.406. The molecule has 2 aromatic rings. The van der Waals surface area contributed by atoms with E-state index in [4.69, 9.17) is 16.3 Å². The van der Waals surface area contributed by atoms with Crippen LogP contribution in [0.4, 0.5) is 8.78 Å². The van der Waals surface area contributed by atoms with E-state index in [2.05, 4.69) is 4.98 Å². The molecule has 0 aliphatic carbocycles. The summed E-state index contributed by atoms with van der Waals surface area (Å²) >= 11 is 6.18. The topological polar surface area (TPSA) is 27.1 Å². The van der Waals surface area contributed by atoms with E-state index in [-0.39, 0.29) is 11.6 Å². The molecule has 6 heteroatoms. The molecule has 0 bridgehead atoms. The van der Waals surface area contributed by atoms with Gasteiger partial charge in [-0.15, -0.1) is 11.6 Å². The highest BCUT2D eigenvalue weighted by Crippen LogP contribution is 2.32. The summed E-state index contributed by atoms with van der Waals surface area (Å²) in [6, 6.07) is 2.43. The van der Waals surface area contributed by atoms with Gasteiger partial charge in [0.05, 0.1) is 23.5 Å². The number of imidazole rings is 1. The molecular weight excluding hydrogens is 298 g/mol.